The van der Waals surface area contributed by atoms with Crippen molar-refractivity contribution in [3.8, 4) is 0 Å². The lowest BCUT2D eigenvalue weighted by Crippen LogP contribution is -2.50. The SMILES string of the molecule is Cc1cccc(CC(NN)C2(C)CCCS2)c1. The zero-order valence-electron chi connectivity index (χ0n) is 10.7. The van der Waals surface area contributed by atoms with E-state index in [2.05, 4.69) is 55.3 Å². The van der Waals surface area contributed by atoms with Gasteiger partial charge < -0.3 is 0 Å². The summed E-state index contributed by atoms with van der Waals surface area (Å²) in [6.45, 7) is 4.48. The summed E-state index contributed by atoms with van der Waals surface area (Å²) in [4.78, 5) is 0. The maximum absolute atomic E-state index is 5.76. The molecule has 0 bridgehead atoms. The fourth-order valence-electron chi connectivity index (χ4n) is 2.60. The van der Waals surface area contributed by atoms with Crippen molar-refractivity contribution in [1.29, 1.82) is 0 Å². The van der Waals surface area contributed by atoms with E-state index in [1.54, 1.807) is 0 Å². The van der Waals surface area contributed by atoms with Gasteiger partial charge >= 0.3 is 0 Å². The van der Waals surface area contributed by atoms with Crippen molar-refractivity contribution >= 4 is 11.8 Å². The molecule has 1 fully saturated rings. The second-order valence-electron chi connectivity index (χ2n) is 5.18. The molecule has 0 aromatic heterocycles. The van der Waals surface area contributed by atoms with Gasteiger partial charge in [-0.3, -0.25) is 11.3 Å². The standard InChI is InChI=1S/C14H22N2S/c1-11-5-3-6-12(9-11)10-13(16-15)14(2)7-4-8-17-14/h3,5-6,9,13,16H,4,7-8,10,15H2,1-2H3. The quantitative estimate of drug-likeness (QED) is 0.637. The summed E-state index contributed by atoms with van der Waals surface area (Å²) in [6, 6.07) is 9.08. The fourth-order valence-corrected chi connectivity index (χ4v) is 4.00. The Morgan fingerprint density at radius 2 is 2.35 bits per heavy atom. The molecule has 1 aliphatic rings. The molecule has 0 radical (unpaired) electrons. The average molecular weight is 250 g/mol. The van der Waals surface area contributed by atoms with Crippen LogP contribution in [0.4, 0.5) is 0 Å². The minimum absolute atomic E-state index is 0.290. The lowest BCUT2D eigenvalue weighted by atomic mass is 9.91. The number of nitrogens with one attached hydrogen (secondary N) is 1. The van der Waals surface area contributed by atoms with Gasteiger partial charge in [-0.1, -0.05) is 29.8 Å². The van der Waals surface area contributed by atoms with Crippen LogP contribution in [0.5, 0.6) is 0 Å². The van der Waals surface area contributed by atoms with Crippen molar-refractivity contribution in [3.05, 3.63) is 35.4 Å². The third-order valence-corrected chi connectivity index (χ3v) is 5.35. The van der Waals surface area contributed by atoms with Gasteiger partial charge in [0.2, 0.25) is 0 Å². The normalized spacial score (nSPS) is 26.1. The van der Waals surface area contributed by atoms with Crippen molar-refractivity contribution in [1.82, 2.24) is 5.43 Å². The highest BCUT2D eigenvalue weighted by Gasteiger charge is 2.37. The largest absolute Gasteiger partial charge is 0.271 e. The van der Waals surface area contributed by atoms with Gasteiger partial charge in [-0.05, 0) is 44.4 Å². The number of hydrogen-bond acceptors (Lipinski definition) is 3. The Hall–Kier alpha value is -0.510. The summed E-state index contributed by atoms with van der Waals surface area (Å²) in [6.07, 6.45) is 3.59. The van der Waals surface area contributed by atoms with E-state index in [4.69, 9.17) is 5.84 Å². The van der Waals surface area contributed by atoms with E-state index in [-0.39, 0.29) is 0 Å². The molecule has 1 aromatic rings. The zero-order valence-corrected chi connectivity index (χ0v) is 11.5. The van der Waals surface area contributed by atoms with Crippen molar-refractivity contribution < 1.29 is 0 Å². The van der Waals surface area contributed by atoms with E-state index in [1.165, 1.54) is 29.7 Å². The number of benzene rings is 1. The number of aryl methyl sites for hydroxylation is 1. The Balaban J connectivity index is 2.09. The van der Waals surface area contributed by atoms with Crippen LogP contribution in [0.15, 0.2) is 24.3 Å². The highest BCUT2D eigenvalue weighted by atomic mass is 32.2. The van der Waals surface area contributed by atoms with E-state index in [1.807, 2.05) is 0 Å². The van der Waals surface area contributed by atoms with Crippen LogP contribution in [-0.2, 0) is 6.42 Å². The second kappa shape index (κ2) is 5.42. The van der Waals surface area contributed by atoms with Crippen LogP contribution in [0.3, 0.4) is 0 Å². The maximum atomic E-state index is 5.76. The molecule has 0 saturated carbocycles. The first kappa shape index (κ1) is 12.9. The van der Waals surface area contributed by atoms with E-state index < -0.39 is 0 Å². The first-order valence-corrected chi connectivity index (χ1v) is 7.28. The van der Waals surface area contributed by atoms with Crippen LogP contribution < -0.4 is 11.3 Å². The van der Waals surface area contributed by atoms with Crippen LogP contribution in [0.1, 0.15) is 30.9 Å². The van der Waals surface area contributed by atoms with Crippen molar-refractivity contribution in [2.75, 3.05) is 5.75 Å². The van der Waals surface area contributed by atoms with Gasteiger partial charge in [0.25, 0.3) is 0 Å². The van der Waals surface area contributed by atoms with Gasteiger partial charge in [0.1, 0.15) is 0 Å². The van der Waals surface area contributed by atoms with Crippen molar-refractivity contribution in [3.63, 3.8) is 0 Å². The predicted molar refractivity (Wildman–Crippen MR) is 76.1 cm³/mol. The van der Waals surface area contributed by atoms with Gasteiger partial charge in [0, 0.05) is 10.8 Å². The number of nitrogens with two attached hydrogens (primary N) is 1. The highest BCUT2D eigenvalue weighted by molar-refractivity contribution is 8.00. The molecule has 2 unspecified atom stereocenters. The third-order valence-electron chi connectivity index (χ3n) is 3.71. The Labute approximate surface area is 108 Å². The van der Waals surface area contributed by atoms with E-state index >= 15 is 0 Å². The fraction of sp³-hybridized carbons (Fsp3) is 0.571. The molecule has 1 aromatic carbocycles. The zero-order chi connectivity index (χ0) is 12.3. The number of rotatable bonds is 4. The molecular weight excluding hydrogens is 228 g/mol. The summed E-state index contributed by atoms with van der Waals surface area (Å²) >= 11 is 2.06. The summed E-state index contributed by atoms with van der Waals surface area (Å²) in [5.74, 6) is 7.03. The van der Waals surface area contributed by atoms with Crippen LogP contribution in [0.2, 0.25) is 0 Å². The molecule has 3 heteroatoms. The Morgan fingerprint density at radius 3 is 2.94 bits per heavy atom. The third kappa shape index (κ3) is 3.03. The molecule has 1 saturated heterocycles. The molecule has 2 rings (SSSR count). The topological polar surface area (TPSA) is 38.0 Å². The van der Waals surface area contributed by atoms with Crippen molar-refractivity contribution in [2.45, 2.75) is 43.9 Å². The Morgan fingerprint density at radius 1 is 1.53 bits per heavy atom. The molecule has 3 N–H and O–H groups in total. The van der Waals surface area contributed by atoms with Crippen LogP contribution in [0.25, 0.3) is 0 Å². The first-order chi connectivity index (χ1) is 8.14. The second-order valence-corrected chi connectivity index (χ2v) is 6.81. The summed E-state index contributed by atoms with van der Waals surface area (Å²) in [7, 11) is 0. The first-order valence-electron chi connectivity index (χ1n) is 6.30. The number of hydrazine groups is 1. The molecule has 2 atom stereocenters. The van der Waals surface area contributed by atoms with Gasteiger partial charge in [0.05, 0.1) is 0 Å². The molecule has 2 nitrogen and oxygen atoms in total. The average Bonchev–Trinajstić information content (AvgIpc) is 2.74. The molecule has 0 amide bonds. The molecular formula is C14H22N2S. The van der Waals surface area contributed by atoms with Crippen LogP contribution >= 0.6 is 11.8 Å². The molecule has 0 aliphatic carbocycles. The molecule has 0 spiro atoms. The van der Waals surface area contributed by atoms with Gasteiger partial charge in [-0.2, -0.15) is 11.8 Å². The Kier molecular flexibility index (Phi) is 4.13. The van der Waals surface area contributed by atoms with Gasteiger partial charge in [-0.25, -0.2) is 0 Å². The minimum atomic E-state index is 0.290. The summed E-state index contributed by atoms with van der Waals surface area (Å²) < 4.78 is 0.290. The molecule has 1 heterocycles. The number of hydrogen-bond donors (Lipinski definition) is 2. The maximum Gasteiger partial charge on any atom is 0.0395 e. The Bertz CT molecular complexity index is 372. The molecule has 94 valence electrons. The molecule has 17 heavy (non-hydrogen) atoms. The summed E-state index contributed by atoms with van der Waals surface area (Å²) in [5.41, 5.74) is 5.73. The lowest BCUT2D eigenvalue weighted by molar-refractivity contribution is 0.405. The van der Waals surface area contributed by atoms with Gasteiger partial charge in [-0.15, -0.1) is 0 Å². The van der Waals surface area contributed by atoms with E-state index in [9.17, 15) is 0 Å². The lowest BCUT2D eigenvalue weighted by Gasteiger charge is -2.33. The molecule has 1 aliphatic heterocycles. The minimum Gasteiger partial charge on any atom is -0.271 e. The van der Waals surface area contributed by atoms with Crippen molar-refractivity contribution in [2.24, 2.45) is 5.84 Å². The van der Waals surface area contributed by atoms with E-state index in [0.29, 0.717) is 10.8 Å². The van der Waals surface area contributed by atoms with E-state index in [0.717, 1.165) is 6.42 Å². The smallest absolute Gasteiger partial charge is 0.0395 e. The number of thioether (sulfide) groups is 1. The summed E-state index contributed by atoms with van der Waals surface area (Å²) in [5, 5.41) is 0. The van der Waals surface area contributed by atoms with Crippen LogP contribution in [0, 0.1) is 6.92 Å². The highest BCUT2D eigenvalue weighted by Crippen LogP contribution is 2.41. The predicted octanol–water partition coefficient (Wildman–Crippen LogP) is 2.66. The van der Waals surface area contributed by atoms with Crippen LogP contribution in [-0.4, -0.2) is 16.5 Å². The monoisotopic (exact) mass is 250 g/mol. The van der Waals surface area contributed by atoms with Gasteiger partial charge in [0.15, 0.2) is 0 Å².